The van der Waals surface area contributed by atoms with Crippen LogP contribution in [0.4, 0.5) is 5.69 Å². The monoisotopic (exact) mass is 535 g/mol. The third-order valence-electron chi connectivity index (χ3n) is 6.73. The molecule has 0 saturated heterocycles. The molecule has 9 nitrogen and oxygen atoms in total. The first-order chi connectivity index (χ1) is 17.1. The SMILES string of the molecule is C[C@@H]1CN([C@@H](C)CO)C(=O)Cc2cc(NC(=O)C3CC3)ccc2O[C@@H]1CN(C)S(=O)(=O)c1cccs1. The summed E-state index contributed by atoms with van der Waals surface area (Å²) in [6.45, 7) is 3.88. The summed E-state index contributed by atoms with van der Waals surface area (Å²) in [6, 6.07) is 8.06. The van der Waals surface area contributed by atoms with Crippen LogP contribution in [0.3, 0.4) is 0 Å². The molecule has 2 aromatic rings. The van der Waals surface area contributed by atoms with Gasteiger partial charge in [0.15, 0.2) is 0 Å². The van der Waals surface area contributed by atoms with E-state index in [1.807, 2.05) is 6.92 Å². The standard InChI is InChI=1S/C25H33N3O6S2/c1-16-13-28(17(2)15-29)23(30)12-19-11-20(26-25(31)18-6-7-18)8-9-21(19)34-22(16)14-27(3)36(32,33)24-5-4-10-35-24/h4-5,8-11,16-18,22,29H,6-7,12-15H2,1-3H3,(H,26,31)/t16-,17+,22-/m1/s1. The molecule has 1 aliphatic heterocycles. The van der Waals surface area contributed by atoms with Crippen LogP contribution in [0.1, 0.15) is 32.3 Å². The molecular formula is C25H33N3O6S2. The minimum absolute atomic E-state index is 0.0345. The minimum atomic E-state index is -3.69. The lowest BCUT2D eigenvalue weighted by Gasteiger charge is -2.33. The van der Waals surface area contributed by atoms with Crippen molar-refractivity contribution >= 4 is 38.9 Å². The number of sulfonamides is 1. The normalized spacial score (nSPS) is 21.7. The molecule has 4 rings (SSSR count). The van der Waals surface area contributed by atoms with E-state index in [4.69, 9.17) is 4.74 Å². The lowest BCUT2D eigenvalue weighted by Crippen LogP contribution is -2.48. The number of rotatable bonds is 8. The number of nitrogens with one attached hydrogen (secondary N) is 1. The van der Waals surface area contributed by atoms with E-state index >= 15 is 0 Å². The highest BCUT2D eigenvalue weighted by molar-refractivity contribution is 7.91. The van der Waals surface area contributed by atoms with Crippen LogP contribution in [0, 0.1) is 11.8 Å². The molecule has 1 aromatic heterocycles. The van der Waals surface area contributed by atoms with Gasteiger partial charge >= 0.3 is 0 Å². The topological polar surface area (TPSA) is 116 Å². The summed E-state index contributed by atoms with van der Waals surface area (Å²) in [4.78, 5) is 27.2. The van der Waals surface area contributed by atoms with Gasteiger partial charge < -0.3 is 20.1 Å². The largest absolute Gasteiger partial charge is 0.488 e. The first kappa shape index (κ1) is 26.6. The number of carbonyl (C=O) groups excluding carboxylic acids is 2. The van der Waals surface area contributed by atoms with E-state index in [-0.39, 0.29) is 47.4 Å². The maximum atomic E-state index is 13.3. The second-order valence-electron chi connectivity index (χ2n) is 9.69. The van der Waals surface area contributed by atoms with Gasteiger partial charge in [0.1, 0.15) is 16.1 Å². The fourth-order valence-corrected chi connectivity index (χ4v) is 6.61. The number of hydrogen-bond donors (Lipinski definition) is 2. The van der Waals surface area contributed by atoms with E-state index in [1.54, 1.807) is 47.5 Å². The summed E-state index contributed by atoms with van der Waals surface area (Å²) < 4.78 is 34.0. The summed E-state index contributed by atoms with van der Waals surface area (Å²) in [7, 11) is -2.17. The first-order valence-corrected chi connectivity index (χ1v) is 14.4. The van der Waals surface area contributed by atoms with Crippen molar-refractivity contribution in [2.24, 2.45) is 11.8 Å². The number of fused-ring (bicyclic) bond motifs is 1. The Balaban J connectivity index is 1.64. The van der Waals surface area contributed by atoms with Gasteiger partial charge in [-0.1, -0.05) is 13.0 Å². The number of nitrogens with zero attached hydrogens (tertiary/aromatic N) is 2. The van der Waals surface area contributed by atoms with Crippen LogP contribution < -0.4 is 10.1 Å². The predicted octanol–water partition coefficient (Wildman–Crippen LogP) is 2.57. The Bertz CT molecular complexity index is 1200. The molecule has 0 radical (unpaired) electrons. The van der Waals surface area contributed by atoms with Crippen LogP contribution in [-0.2, 0) is 26.0 Å². The van der Waals surface area contributed by atoms with Gasteiger partial charge in [-0.2, -0.15) is 4.31 Å². The third-order valence-corrected chi connectivity index (χ3v) is 9.93. The Hall–Kier alpha value is -2.47. The van der Waals surface area contributed by atoms with Crippen LogP contribution in [0.5, 0.6) is 5.75 Å². The molecule has 0 spiro atoms. The first-order valence-electron chi connectivity index (χ1n) is 12.1. The van der Waals surface area contributed by atoms with Gasteiger partial charge in [-0.15, -0.1) is 11.3 Å². The predicted molar refractivity (Wildman–Crippen MR) is 137 cm³/mol. The second kappa shape index (κ2) is 10.9. The summed E-state index contributed by atoms with van der Waals surface area (Å²) in [5, 5.41) is 14.4. The number of aliphatic hydroxyl groups is 1. The summed E-state index contributed by atoms with van der Waals surface area (Å²) in [5.74, 6) is 0.0843. The number of likely N-dealkylation sites (N-methyl/N-ethyl adjacent to an activating group) is 1. The van der Waals surface area contributed by atoms with Crippen LogP contribution in [0.2, 0.25) is 0 Å². The molecule has 1 aromatic carbocycles. The smallest absolute Gasteiger partial charge is 0.252 e. The van der Waals surface area contributed by atoms with Crippen molar-refractivity contribution in [1.82, 2.24) is 9.21 Å². The molecule has 2 heterocycles. The number of hydrogen-bond acceptors (Lipinski definition) is 7. The number of benzene rings is 1. The fourth-order valence-electron chi connectivity index (χ4n) is 4.23. The number of aliphatic hydroxyl groups excluding tert-OH is 1. The Kier molecular flexibility index (Phi) is 8.03. The molecule has 1 saturated carbocycles. The number of anilines is 1. The quantitative estimate of drug-likeness (QED) is 0.537. The van der Waals surface area contributed by atoms with Gasteiger partial charge in [0.25, 0.3) is 10.0 Å². The second-order valence-corrected chi connectivity index (χ2v) is 12.9. The van der Waals surface area contributed by atoms with E-state index in [0.29, 0.717) is 23.5 Å². The van der Waals surface area contributed by atoms with Crippen LogP contribution >= 0.6 is 11.3 Å². The number of carbonyl (C=O) groups is 2. The number of thiophene rings is 1. The molecule has 11 heteroatoms. The Morgan fingerprint density at radius 3 is 2.72 bits per heavy atom. The van der Waals surface area contributed by atoms with Crippen LogP contribution in [-0.4, -0.2) is 73.4 Å². The van der Waals surface area contributed by atoms with E-state index < -0.39 is 22.2 Å². The molecular weight excluding hydrogens is 502 g/mol. The molecule has 2 amide bonds. The molecule has 1 aliphatic carbocycles. The fraction of sp³-hybridized carbons (Fsp3) is 0.520. The maximum Gasteiger partial charge on any atom is 0.252 e. The zero-order valence-electron chi connectivity index (χ0n) is 20.7. The Labute approximate surface area is 216 Å². The number of amides is 2. The van der Waals surface area contributed by atoms with E-state index in [2.05, 4.69) is 5.32 Å². The van der Waals surface area contributed by atoms with Crippen molar-refractivity contribution in [2.45, 2.75) is 49.5 Å². The average molecular weight is 536 g/mol. The zero-order valence-corrected chi connectivity index (χ0v) is 22.3. The van der Waals surface area contributed by atoms with Gasteiger partial charge in [-0.25, -0.2) is 8.42 Å². The molecule has 0 unspecified atom stereocenters. The van der Waals surface area contributed by atoms with Crippen molar-refractivity contribution in [3.63, 3.8) is 0 Å². The summed E-state index contributed by atoms with van der Waals surface area (Å²) >= 11 is 1.16. The molecule has 196 valence electrons. The van der Waals surface area contributed by atoms with E-state index in [0.717, 1.165) is 24.2 Å². The van der Waals surface area contributed by atoms with Gasteiger partial charge in [-0.05, 0) is 49.4 Å². The summed E-state index contributed by atoms with van der Waals surface area (Å²) in [6.07, 6.45) is 1.24. The molecule has 36 heavy (non-hydrogen) atoms. The number of ether oxygens (including phenoxy) is 1. The van der Waals surface area contributed by atoms with Crippen molar-refractivity contribution in [1.29, 1.82) is 0 Å². The molecule has 2 N–H and O–H groups in total. The summed E-state index contributed by atoms with van der Waals surface area (Å²) in [5.41, 5.74) is 1.19. The van der Waals surface area contributed by atoms with Crippen molar-refractivity contribution in [3.8, 4) is 5.75 Å². The van der Waals surface area contributed by atoms with Crippen LogP contribution in [0.25, 0.3) is 0 Å². The Morgan fingerprint density at radius 2 is 2.08 bits per heavy atom. The molecule has 3 atom stereocenters. The van der Waals surface area contributed by atoms with Gasteiger partial charge in [0.05, 0.1) is 25.6 Å². The molecule has 0 bridgehead atoms. The minimum Gasteiger partial charge on any atom is -0.488 e. The highest BCUT2D eigenvalue weighted by Crippen LogP contribution is 2.33. The van der Waals surface area contributed by atoms with Crippen molar-refractivity contribution in [2.75, 3.05) is 32.1 Å². The van der Waals surface area contributed by atoms with E-state index in [9.17, 15) is 23.1 Å². The molecule has 1 fully saturated rings. The highest BCUT2D eigenvalue weighted by Gasteiger charge is 2.34. The highest BCUT2D eigenvalue weighted by atomic mass is 32.2. The van der Waals surface area contributed by atoms with Crippen molar-refractivity contribution < 1.29 is 27.9 Å². The maximum absolute atomic E-state index is 13.3. The lowest BCUT2D eigenvalue weighted by atomic mass is 10.0. The van der Waals surface area contributed by atoms with Gasteiger partial charge in [0, 0.05) is 36.7 Å². The van der Waals surface area contributed by atoms with Crippen LogP contribution in [0.15, 0.2) is 39.9 Å². The van der Waals surface area contributed by atoms with Crippen molar-refractivity contribution in [3.05, 3.63) is 41.3 Å². The average Bonchev–Trinajstić information content (AvgIpc) is 3.54. The van der Waals surface area contributed by atoms with Gasteiger partial charge in [-0.3, -0.25) is 9.59 Å². The molecule has 2 aliphatic rings. The Morgan fingerprint density at radius 1 is 1.33 bits per heavy atom. The third kappa shape index (κ3) is 5.91. The van der Waals surface area contributed by atoms with E-state index in [1.165, 1.54) is 11.4 Å². The zero-order chi connectivity index (χ0) is 26.0. The lowest BCUT2D eigenvalue weighted by molar-refractivity contribution is -0.134. The van der Waals surface area contributed by atoms with Gasteiger partial charge in [0.2, 0.25) is 11.8 Å².